The molecule has 1 N–H and O–H groups in total. The number of likely N-dealkylation sites (tertiary alicyclic amines) is 1. The van der Waals surface area contributed by atoms with E-state index in [4.69, 9.17) is 9.26 Å². The Morgan fingerprint density at radius 1 is 1.26 bits per heavy atom. The van der Waals surface area contributed by atoms with Crippen molar-refractivity contribution in [3.8, 4) is 17.1 Å². The highest BCUT2D eigenvalue weighted by Crippen LogP contribution is 2.27. The summed E-state index contributed by atoms with van der Waals surface area (Å²) in [6.07, 6.45) is 3.85. The molecule has 1 saturated heterocycles. The maximum atomic E-state index is 12.9. The quantitative estimate of drug-likeness (QED) is 0.550. The molecule has 2 aromatic carbocycles. The van der Waals surface area contributed by atoms with Crippen LogP contribution in [0.4, 0.5) is 5.69 Å². The van der Waals surface area contributed by atoms with E-state index in [-0.39, 0.29) is 11.8 Å². The van der Waals surface area contributed by atoms with Crippen LogP contribution in [-0.4, -0.2) is 47.4 Å². The minimum atomic E-state index is -0.0624. The van der Waals surface area contributed by atoms with Crippen LogP contribution in [0.25, 0.3) is 11.4 Å². The Bertz CT molecular complexity index is 1020. The van der Waals surface area contributed by atoms with Crippen LogP contribution < -0.4 is 10.1 Å². The zero-order chi connectivity index (χ0) is 21.6. The first kappa shape index (κ1) is 21.4. The summed E-state index contributed by atoms with van der Waals surface area (Å²) in [5, 5.41) is 7.20. The van der Waals surface area contributed by atoms with E-state index in [2.05, 4.69) is 20.4 Å². The highest BCUT2D eigenvalue weighted by atomic mass is 32.2. The molecule has 2 heterocycles. The normalized spacial score (nSPS) is 16.8. The van der Waals surface area contributed by atoms with E-state index in [1.807, 2.05) is 54.8 Å². The molecule has 0 bridgehead atoms. The van der Waals surface area contributed by atoms with E-state index < -0.39 is 0 Å². The number of carbonyl (C=O) groups is 1. The van der Waals surface area contributed by atoms with E-state index in [1.165, 1.54) is 0 Å². The van der Waals surface area contributed by atoms with Crippen molar-refractivity contribution in [1.82, 2.24) is 15.0 Å². The molecule has 1 atom stereocenters. The van der Waals surface area contributed by atoms with Crippen molar-refractivity contribution in [3.63, 3.8) is 0 Å². The maximum absolute atomic E-state index is 12.9. The molecule has 1 aliphatic heterocycles. The Hall–Kier alpha value is -2.84. The number of thioether (sulfide) groups is 1. The van der Waals surface area contributed by atoms with Gasteiger partial charge in [0.2, 0.25) is 17.6 Å². The number of anilines is 1. The first-order valence-electron chi connectivity index (χ1n) is 10.3. The molecular formula is C23H26N4O3S. The molecule has 1 aliphatic rings. The molecule has 3 aromatic rings. The van der Waals surface area contributed by atoms with Gasteiger partial charge in [-0.3, -0.25) is 9.69 Å². The molecule has 0 radical (unpaired) electrons. The Labute approximate surface area is 186 Å². The monoisotopic (exact) mass is 438 g/mol. The lowest BCUT2D eigenvalue weighted by Crippen LogP contribution is -2.40. The number of aromatic nitrogens is 2. The summed E-state index contributed by atoms with van der Waals surface area (Å²) in [4.78, 5) is 20.7. The van der Waals surface area contributed by atoms with E-state index >= 15 is 0 Å². The van der Waals surface area contributed by atoms with Crippen LogP contribution in [0.5, 0.6) is 5.75 Å². The van der Waals surface area contributed by atoms with Gasteiger partial charge >= 0.3 is 0 Å². The van der Waals surface area contributed by atoms with Crippen LogP contribution in [0, 0.1) is 5.92 Å². The fraction of sp³-hybridized carbons (Fsp3) is 0.348. The van der Waals surface area contributed by atoms with Gasteiger partial charge in [0.1, 0.15) is 5.75 Å². The molecule has 162 valence electrons. The third kappa shape index (κ3) is 5.26. The fourth-order valence-corrected chi connectivity index (χ4v) is 4.32. The number of ether oxygens (including phenoxy) is 1. The minimum Gasteiger partial charge on any atom is -0.497 e. The number of hydrogen-bond acceptors (Lipinski definition) is 7. The van der Waals surface area contributed by atoms with Gasteiger partial charge in [0.05, 0.1) is 25.3 Å². The van der Waals surface area contributed by atoms with E-state index in [0.717, 1.165) is 41.3 Å². The third-order valence-electron chi connectivity index (χ3n) is 5.42. The molecule has 1 amide bonds. The average molecular weight is 439 g/mol. The summed E-state index contributed by atoms with van der Waals surface area (Å²) in [6, 6.07) is 15.4. The van der Waals surface area contributed by atoms with Crippen LogP contribution in [-0.2, 0) is 11.3 Å². The van der Waals surface area contributed by atoms with Gasteiger partial charge < -0.3 is 14.6 Å². The zero-order valence-electron chi connectivity index (χ0n) is 17.7. The molecule has 1 aromatic heterocycles. The number of rotatable bonds is 7. The molecule has 0 aliphatic carbocycles. The molecule has 31 heavy (non-hydrogen) atoms. The zero-order valence-corrected chi connectivity index (χ0v) is 18.5. The Morgan fingerprint density at radius 2 is 2.06 bits per heavy atom. The smallest absolute Gasteiger partial charge is 0.241 e. The number of para-hydroxylation sites is 1. The second-order valence-electron chi connectivity index (χ2n) is 7.50. The summed E-state index contributed by atoms with van der Waals surface area (Å²) in [6.45, 7) is 2.12. The van der Waals surface area contributed by atoms with E-state index in [9.17, 15) is 4.79 Å². The number of piperidine rings is 1. The number of benzene rings is 2. The van der Waals surface area contributed by atoms with Gasteiger partial charge in [0.15, 0.2) is 0 Å². The number of carbonyl (C=O) groups excluding carboxylic acids is 1. The number of amides is 1. The molecule has 7 nitrogen and oxygen atoms in total. The summed E-state index contributed by atoms with van der Waals surface area (Å²) in [5.41, 5.74) is 1.75. The standard InChI is InChI=1S/C23H26N4O3S/c1-29-18-11-9-16(10-12-18)22-25-21(30-26-22)15-27-13-5-6-17(14-27)23(28)24-19-7-3-4-8-20(19)31-2/h3-4,7-12,17H,5-6,13-15H2,1-2H3,(H,24,28). The fourth-order valence-electron chi connectivity index (χ4n) is 3.76. The lowest BCUT2D eigenvalue weighted by Gasteiger charge is -2.31. The van der Waals surface area contributed by atoms with Crippen LogP contribution in [0.15, 0.2) is 57.9 Å². The molecule has 1 unspecified atom stereocenters. The van der Waals surface area contributed by atoms with Gasteiger partial charge in [-0.05, 0) is 62.0 Å². The van der Waals surface area contributed by atoms with Gasteiger partial charge in [-0.15, -0.1) is 11.8 Å². The van der Waals surface area contributed by atoms with Crippen LogP contribution in [0.2, 0.25) is 0 Å². The number of methoxy groups -OCH3 is 1. The van der Waals surface area contributed by atoms with Gasteiger partial charge in [-0.1, -0.05) is 17.3 Å². The van der Waals surface area contributed by atoms with Crippen molar-refractivity contribution >= 4 is 23.4 Å². The summed E-state index contributed by atoms with van der Waals surface area (Å²) in [7, 11) is 1.63. The van der Waals surface area contributed by atoms with Crippen molar-refractivity contribution in [3.05, 3.63) is 54.4 Å². The predicted octanol–water partition coefficient (Wildman–Crippen LogP) is 4.32. The first-order chi connectivity index (χ1) is 15.2. The predicted molar refractivity (Wildman–Crippen MR) is 121 cm³/mol. The molecule has 0 spiro atoms. The molecule has 1 fully saturated rings. The topological polar surface area (TPSA) is 80.5 Å². The Kier molecular flexibility index (Phi) is 6.89. The van der Waals surface area contributed by atoms with Gasteiger partial charge in [0.25, 0.3) is 0 Å². The second-order valence-corrected chi connectivity index (χ2v) is 8.35. The third-order valence-corrected chi connectivity index (χ3v) is 6.21. The SMILES string of the molecule is COc1ccc(-c2noc(CN3CCCC(C(=O)Nc4ccccc4SC)C3)n2)cc1. The first-order valence-corrected chi connectivity index (χ1v) is 11.5. The average Bonchev–Trinajstić information content (AvgIpc) is 3.28. The van der Waals surface area contributed by atoms with Crippen LogP contribution in [0.3, 0.4) is 0 Å². The molecule has 0 saturated carbocycles. The molecule has 4 rings (SSSR count). The van der Waals surface area contributed by atoms with Crippen molar-refractivity contribution in [2.24, 2.45) is 5.92 Å². The summed E-state index contributed by atoms with van der Waals surface area (Å²) in [5.74, 6) is 1.89. The Morgan fingerprint density at radius 3 is 2.84 bits per heavy atom. The van der Waals surface area contributed by atoms with Gasteiger partial charge in [-0.2, -0.15) is 4.98 Å². The van der Waals surface area contributed by atoms with Crippen molar-refractivity contribution in [1.29, 1.82) is 0 Å². The van der Waals surface area contributed by atoms with Crippen LogP contribution in [0.1, 0.15) is 18.7 Å². The lowest BCUT2D eigenvalue weighted by atomic mass is 9.97. The summed E-state index contributed by atoms with van der Waals surface area (Å²) >= 11 is 1.63. The van der Waals surface area contributed by atoms with Crippen molar-refractivity contribution in [2.75, 3.05) is 31.8 Å². The van der Waals surface area contributed by atoms with Crippen molar-refractivity contribution < 1.29 is 14.1 Å². The van der Waals surface area contributed by atoms with Gasteiger partial charge in [0, 0.05) is 17.0 Å². The highest BCUT2D eigenvalue weighted by molar-refractivity contribution is 7.98. The Balaban J connectivity index is 1.36. The number of hydrogen-bond donors (Lipinski definition) is 1. The molecular weight excluding hydrogens is 412 g/mol. The highest BCUT2D eigenvalue weighted by Gasteiger charge is 2.27. The lowest BCUT2D eigenvalue weighted by molar-refractivity contribution is -0.121. The van der Waals surface area contributed by atoms with Crippen LogP contribution >= 0.6 is 11.8 Å². The minimum absolute atomic E-state index is 0.0624. The molecule has 8 heteroatoms. The van der Waals surface area contributed by atoms with Gasteiger partial charge in [-0.25, -0.2) is 0 Å². The largest absolute Gasteiger partial charge is 0.497 e. The van der Waals surface area contributed by atoms with E-state index in [1.54, 1.807) is 18.9 Å². The second kappa shape index (κ2) is 9.98. The summed E-state index contributed by atoms with van der Waals surface area (Å²) < 4.78 is 10.6. The van der Waals surface area contributed by atoms with Crippen molar-refractivity contribution in [2.45, 2.75) is 24.3 Å². The van der Waals surface area contributed by atoms with E-state index in [0.29, 0.717) is 24.8 Å². The number of nitrogens with one attached hydrogen (secondary N) is 1. The number of nitrogens with zero attached hydrogens (tertiary/aromatic N) is 3. The maximum Gasteiger partial charge on any atom is 0.241 e.